The van der Waals surface area contributed by atoms with E-state index in [-0.39, 0.29) is 11.0 Å². The number of hydrogen-bond donors (Lipinski definition) is 1. The minimum absolute atomic E-state index is 0.103. The summed E-state index contributed by atoms with van der Waals surface area (Å²) in [7, 11) is 2.00. The molecule has 2 rings (SSSR count). The van der Waals surface area contributed by atoms with Crippen LogP contribution in [0.5, 0.6) is 0 Å². The van der Waals surface area contributed by atoms with E-state index >= 15 is 0 Å². The summed E-state index contributed by atoms with van der Waals surface area (Å²) in [5, 5.41) is 8.70. The Morgan fingerprint density at radius 2 is 2.12 bits per heavy atom. The molecular weight excluding hydrogens is 230 g/mol. The van der Waals surface area contributed by atoms with Crippen LogP contribution >= 0.6 is 11.8 Å². The van der Waals surface area contributed by atoms with Gasteiger partial charge in [-0.3, -0.25) is 10.00 Å². The molecule has 0 bridgehead atoms. The van der Waals surface area contributed by atoms with Gasteiger partial charge in [-0.15, -0.1) is 11.8 Å². The molecule has 1 aromatic rings. The van der Waals surface area contributed by atoms with E-state index in [1.54, 1.807) is 0 Å². The highest BCUT2D eigenvalue weighted by Crippen LogP contribution is 2.40. The zero-order valence-electron chi connectivity index (χ0n) is 11.7. The second-order valence-corrected chi connectivity index (χ2v) is 7.67. The maximum absolute atomic E-state index is 4.64. The van der Waals surface area contributed by atoms with Crippen molar-refractivity contribution in [2.45, 2.75) is 50.9 Å². The molecule has 0 radical (unpaired) electrons. The van der Waals surface area contributed by atoms with Crippen molar-refractivity contribution in [3.8, 4) is 0 Å². The fraction of sp³-hybridized carbons (Fsp3) is 0.769. The van der Waals surface area contributed by atoms with Crippen LogP contribution in [-0.2, 0) is 12.5 Å². The summed E-state index contributed by atoms with van der Waals surface area (Å²) in [6.07, 6.45) is 2.16. The number of hydrogen-bond acceptors (Lipinski definition) is 3. The van der Waals surface area contributed by atoms with Crippen LogP contribution in [0.4, 0.5) is 0 Å². The van der Waals surface area contributed by atoms with Crippen LogP contribution in [-0.4, -0.2) is 21.1 Å². The number of nitrogens with zero attached hydrogens (tertiary/aromatic N) is 2. The zero-order chi connectivity index (χ0) is 12.8. The smallest absolute Gasteiger partial charge is 0.0828 e. The second kappa shape index (κ2) is 4.02. The summed E-state index contributed by atoms with van der Waals surface area (Å²) in [6, 6.07) is 0. The molecule has 0 aromatic carbocycles. The van der Waals surface area contributed by atoms with Gasteiger partial charge in [0.2, 0.25) is 0 Å². The quantitative estimate of drug-likeness (QED) is 0.834. The Labute approximate surface area is 108 Å². The Bertz CT molecular complexity index is 415. The third kappa shape index (κ3) is 2.68. The largest absolute Gasteiger partial charge is 0.296 e. The lowest BCUT2D eigenvalue weighted by Gasteiger charge is -2.22. The molecule has 96 valence electrons. The van der Waals surface area contributed by atoms with E-state index in [1.807, 2.05) is 23.5 Å². The molecule has 0 spiro atoms. The van der Waals surface area contributed by atoms with Crippen LogP contribution < -0.4 is 5.32 Å². The summed E-state index contributed by atoms with van der Waals surface area (Å²) >= 11 is 1.98. The fourth-order valence-corrected chi connectivity index (χ4v) is 3.60. The molecule has 3 nitrogen and oxygen atoms in total. The van der Waals surface area contributed by atoms with E-state index in [2.05, 4.69) is 51.2 Å². The molecule has 2 heterocycles. The highest BCUT2D eigenvalue weighted by molar-refractivity contribution is 7.99. The van der Waals surface area contributed by atoms with Gasteiger partial charge in [0.15, 0.2) is 0 Å². The predicted octanol–water partition coefficient (Wildman–Crippen LogP) is 2.83. The van der Waals surface area contributed by atoms with Crippen LogP contribution in [0.25, 0.3) is 0 Å². The first-order chi connectivity index (χ1) is 7.69. The Morgan fingerprint density at radius 3 is 2.59 bits per heavy atom. The van der Waals surface area contributed by atoms with Gasteiger partial charge in [-0.2, -0.15) is 5.10 Å². The third-order valence-electron chi connectivity index (χ3n) is 2.98. The Hall–Kier alpha value is -0.480. The lowest BCUT2D eigenvalue weighted by Crippen LogP contribution is -2.36. The Balaban J connectivity index is 2.33. The molecule has 1 atom stereocenters. The zero-order valence-corrected chi connectivity index (χ0v) is 12.5. The van der Waals surface area contributed by atoms with E-state index in [9.17, 15) is 0 Å². The summed E-state index contributed by atoms with van der Waals surface area (Å²) < 4.78 is 1.93. The van der Waals surface area contributed by atoms with Crippen molar-refractivity contribution >= 4 is 11.8 Å². The van der Waals surface area contributed by atoms with Crippen molar-refractivity contribution in [2.75, 3.05) is 5.75 Å². The van der Waals surface area contributed by atoms with Crippen molar-refractivity contribution in [2.24, 2.45) is 7.05 Å². The lowest BCUT2D eigenvalue weighted by molar-refractivity contribution is 0.447. The fourth-order valence-electron chi connectivity index (χ4n) is 2.18. The van der Waals surface area contributed by atoms with Crippen LogP contribution in [0.1, 0.15) is 51.2 Å². The normalized spacial score (nSPS) is 24.2. The van der Waals surface area contributed by atoms with Gasteiger partial charge < -0.3 is 0 Å². The van der Waals surface area contributed by atoms with Gasteiger partial charge >= 0.3 is 0 Å². The van der Waals surface area contributed by atoms with E-state index < -0.39 is 0 Å². The first-order valence-corrected chi connectivity index (χ1v) is 7.17. The number of aryl methyl sites for hydroxylation is 1. The number of rotatable bonds is 1. The molecule has 0 aliphatic carbocycles. The summed E-state index contributed by atoms with van der Waals surface area (Å²) in [4.78, 5) is 0. The van der Waals surface area contributed by atoms with Gasteiger partial charge in [0.1, 0.15) is 0 Å². The van der Waals surface area contributed by atoms with Gasteiger partial charge in [0.05, 0.1) is 11.1 Å². The molecule has 1 aromatic heterocycles. The van der Waals surface area contributed by atoms with Crippen LogP contribution in [0, 0.1) is 0 Å². The van der Waals surface area contributed by atoms with Crippen molar-refractivity contribution < 1.29 is 0 Å². The molecule has 0 amide bonds. The molecule has 1 aliphatic rings. The maximum atomic E-state index is 4.64. The molecule has 4 heteroatoms. The summed E-state index contributed by atoms with van der Waals surface area (Å²) in [6.45, 7) is 11.2. The van der Waals surface area contributed by atoms with Crippen LogP contribution in [0.2, 0.25) is 0 Å². The summed E-state index contributed by atoms with van der Waals surface area (Å²) in [5.41, 5.74) is 2.88. The average molecular weight is 253 g/mol. The van der Waals surface area contributed by atoms with Crippen molar-refractivity contribution in [1.82, 2.24) is 15.1 Å². The highest BCUT2D eigenvalue weighted by Gasteiger charge is 2.35. The third-order valence-corrected chi connectivity index (χ3v) is 4.58. The van der Waals surface area contributed by atoms with E-state index in [0.717, 1.165) is 5.75 Å². The van der Waals surface area contributed by atoms with Crippen LogP contribution in [0.15, 0.2) is 6.20 Å². The summed E-state index contributed by atoms with van der Waals surface area (Å²) in [5.74, 6) is 1.15. The van der Waals surface area contributed by atoms with Crippen molar-refractivity contribution in [1.29, 1.82) is 0 Å². The predicted molar refractivity (Wildman–Crippen MR) is 74.3 cm³/mol. The maximum Gasteiger partial charge on any atom is 0.0828 e. The standard InChI is InChI=1S/C13H23N3S/c1-12(2,3)10-9(7-16(6)15-10)11-14-13(4,5)8-17-11/h7,11,14H,8H2,1-6H3. The highest BCUT2D eigenvalue weighted by atomic mass is 32.2. The minimum Gasteiger partial charge on any atom is -0.296 e. The Kier molecular flexibility index (Phi) is 3.07. The molecule has 1 unspecified atom stereocenters. The van der Waals surface area contributed by atoms with E-state index in [1.165, 1.54) is 11.3 Å². The molecule has 1 aliphatic heterocycles. The van der Waals surface area contributed by atoms with Gasteiger partial charge in [-0.1, -0.05) is 20.8 Å². The SMILES string of the molecule is Cn1cc(C2NC(C)(C)CS2)c(C(C)(C)C)n1. The number of nitrogens with one attached hydrogen (secondary N) is 1. The van der Waals surface area contributed by atoms with Gasteiger partial charge in [0, 0.05) is 35.5 Å². The lowest BCUT2D eigenvalue weighted by atomic mass is 9.89. The first kappa shape index (κ1) is 13.0. The monoisotopic (exact) mass is 253 g/mol. The molecular formula is C13H23N3S. The number of aromatic nitrogens is 2. The topological polar surface area (TPSA) is 29.9 Å². The van der Waals surface area contributed by atoms with Crippen molar-refractivity contribution in [3.63, 3.8) is 0 Å². The molecule has 0 saturated carbocycles. The minimum atomic E-state index is 0.103. The van der Waals surface area contributed by atoms with Gasteiger partial charge in [-0.05, 0) is 13.8 Å². The van der Waals surface area contributed by atoms with Crippen molar-refractivity contribution in [3.05, 3.63) is 17.5 Å². The molecule has 17 heavy (non-hydrogen) atoms. The molecule has 1 fully saturated rings. The number of thioether (sulfide) groups is 1. The van der Waals surface area contributed by atoms with E-state index in [0.29, 0.717) is 5.37 Å². The second-order valence-electron chi connectivity index (χ2n) is 6.58. The Morgan fingerprint density at radius 1 is 1.47 bits per heavy atom. The first-order valence-electron chi connectivity index (χ1n) is 6.12. The average Bonchev–Trinajstić information content (AvgIpc) is 2.67. The molecule has 1 N–H and O–H groups in total. The molecule has 1 saturated heterocycles. The van der Waals surface area contributed by atoms with Gasteiger partial charge in [0.25, 0.3) is 0 Å². The van der Waals surface area contributed by atoms with Crippen LogP contribution in [0.3, 0.4) is 0 Å². The van der Waals surface area contributed by atoms with Gasteiger partial charge in [-0.25, -0.2) is 0 Å². The van der Waals surface area contributed by atoms with E-state index in [4.69, 9.17) is 0 Å².